The van der Waals surface area contributed by atoms with Crippen molar-refractivity contribution in [1.29, 1.82) is 0 Å². The first kappa shape index (κ1) is 26.3. The zero-order valence-electron chi connectivity index (χ0n) is 19.3. The predicted octanol–water partition coefficient (Wildman–Crippen LogP) is -2.83. The molecule has 3 heterocycles. The number of carbonyl (C=O) groups is 5. The molecule has 1 aliphatic heterocycles. The van der Waals surface area contributed by atoms with E-state index in [1.165, 1.54) is 25.0 Å². The van der Waals surface area contributed by atoms with Gasteiger partial charge in [-0.3, -0.25) is 19.2 Å². The van der Waals surface area contributed by atoms with Gasteiger partial charge >= 0.3 is 5.97 Å². The fourth-order valence-electron chi connectivity index (χ4n) is 3.99. The van der Waals surface area contributed by atoms with Gasteiger partial charge in [0.15, 0.2) is 0 Å². The van der Waals surface area contributed by atoms with Gasteiger partial charge in [0, 0.05) is 43.2 Å². The minimum atomic E-state index is -1.41. The van der Waals surface area contributed by atoms with Crippen molar-refractivity contribution in [2.24, 2.45) is 11.5 Å². The Morgan fingerprint density at radius 3 is 2.19 bits per heavy atom. The quantitative estimate of drug-likeness (QED) is 0.157. The van der Waals surface area contributed by atoms with E-state index in [0.29, 0.717) is 17.8 Å². The SMILES string of the molecule is NC(=O)CC(NC(=O)C(Cc1cnc[nH]1)NC(=O)C(N)Cc1cnc[nH]1)C(=O)N1CCCC1C(=O)O. The van der Waals surface area contributed by atoms with E-state index in [0.717, 1.165) is 4.90 Å². The molecule has 0 radical (unpaired) electrons. The number of nitrogens with two attached hydrogens (primary N) is 2. The normalized spacial score (nSPS) is 17.7. The number of nitrogens with one attached hydrogen (secondary N) is 4. The topological polar surface area (TPSA) is 242 Å². The van der Waals surface area contributed by atoms with E-state index in [9.17, 15) is 29.1 Å². The Bertz CT molecular complexity index is 1070. The molecule has 194 valence electrons. The number of hydrogen-bond acceptors (Lipinski definition) is 8. The minimum Gasteiger partial charge on any atom is -0.480 e. The van der Waals surface area contributed by atoms with Crippen LogP contribution < -0.4 is 22.1 Å². The van der Waals surface area contributed by atoms with Crippen molar-refractivity contribution in [3.63, 3.8) is 0 Å². The summed E-state index contributed by atoms with van der Waals surface area (Å²) in [6.07, 6.45) is 6.12. The molecule has 0 aliphatic carbocycles. The number of nitrogens with zero attached hydrogens (tertiary/aromatic N) is 3. The number of H-pyrrole nitrogens is 2. The largest absolute Gasteiger partial charge is 0.480 e. The van der Waals surface area contributed by atoms with Gasteiger partial charge in [0.1, 0.15) is 18.1 Å². The van der Waals surface area contributed by atoms with Gasteiger partial charge in [-0.2, -0.15) is 0 Å². The van der Waals surface area contributed by atoms with Crippen molar-refractivity contribution in [3.05, 3.63) is 36.4 Å². The molecule has 0 bridgehead atoms. The molecule has 15 nitrogen and oxygen atoms in total. The van der Waals surface area contributed by atoms with Crippen molar-refractivity contribution < 1.29 is 29.1 Å². The smallest absolute Gasteiger partial charge is 0.326 e. The first-order valence-electron chi connectivity index (χ1n) is 11.3. The van der Waals surface area contributed by atoms with Crippen LogP contribution in [0, 0.1) is 0 Å². The van der Waals surface area contributed by atoms with E-state index in [2.05, 4.69) is 30.6 Å². The molecule has 3 rings (SSSR count). The Balaban J connectivity index is 1.75. The van der Waals surface area contributed by atoms with Gasteiger partial charge in [-0.05, 0) is 12.8 Å². The number of aromatic nitrogens is 4. The zero-order chi connectivity index (χ0) is 26.2. The molecule has 1 fully saturated rings. The summed E-state index contributed by atoms with van der Waals surface area (Å²) < 4.78 is 0. The third-order valence-electron chi connectivity index (χ3n) is 5.78. The highest BCUT2D eigenvalue weighted by atomic mass is 16.4. The number of imidazole rings is 2. The van der Waals surface area contributed by atoms with E-state index in [1.54, 1.807) is 0 Å². The number of amides is 4. The number of aromatic amines is 2. The predicted molar refractivity (Wildman–Crippen MR) is 123 cm³/mol. The molecule has 15 heteroatoms. The number of rotatable bonds is 12. The third kappa shape index (κ3) is 6.88. The van der Waals surface area contributed by atoms with Crippen molar-refractivity contribution >= 4 is 29.6 Å². The maximum absolute atomic E-state index is 13.2. The Morgan fingerprint density at radius 1 is 1.03 bits per heavy atom. The summed E-state index contributed by atoms with van der Waals surface area (Å²) in [5, 5.41) is 14.4. The van der Waals surface area contributed by atoms with Crippen LogP contribution >= 0.6 is 0 Å². The molecule has 9 N–H and O–H groups in total. The van der Waals surface area contributed by atoms with Crippen LogP contribution in [0.15, 0.2) is 25.0 Å². The number of primary amides is 1. The third-order valence-corrected chi connectivity index (χ3v) is 5.78. The van der Waals surface area contributed by atoms with Crippen molar-refractivity contribution in [2.45, 2.75) is 56.3 Å². The summed E-state index contributed by atoms with van der Waals surface area (Å²) in [5.74, 6) is -4.20. The van der Waals surface area contributed by atoms with E-state index in [1.807, 2.05) is 0 Å². The van der Waals surface area contributed by atoms with Crippen molar-refractivity contribution in [3.8, 4) is 0 Å². The van der Waals surface area contributed by atoms with Crippen molar-refractivity contribution in [1.82, 2.24) is 35.5 Å². The summed E-state index contributed by atoms with van der Waals surface area (Å²) in [4.78, 5) is 76.8. The maximum Gasteiger partial charge on any atom is 0.326 e. The average molecular weight is 504 g/mol. The van der Waals surface area contributed by atoms with Crippen molar-refractivity contribution in [2.75, 3.05) is 6.54 Å². The summed E-state index contributed by atoms with van der Waals surface area (Å²) in [7, 11) is 0. The standard InChI is InChI=1S/C21H29N9O6/c22-13(4-11-7-24-9-26-11)18(32)28-14(5-12-8-25-10-27-12)19(33)29-15(6-17(23)31)20(34)30-3-1-2-16(30)21(35)36/h7-10,13-16H,1-6,22H2,(H2,23,31)(H,24,26)(H,25,27)(H,28,32)(H,29,33)(H,35,36). The second-order valence-electron chi connectivity index (χ2n) is 8.49. The Hall–Kier alpha value is -4.27. The molecule has 4 amide bonds. The lowest BCUT2D eigenvalue weighted by molar-refractivity contribution is -0.149. The highest BCUT2D eigenvalue weighted by Crippen LogP contribution is 2.19. The minimum absolute atomic E-state index is 0.0205. The fraction of sp³-hybridized carbons (Fsp3) is 0.476. The Morgan fingerprint density at radius 2 is 1.64 bits per heavy atom. The first-order valence-corrected chi connectivity index (χ1v) is 11.3. The average Bonchev–Trinajstić information content (AvgIpc) is 3.59. The number of carboxylic acids is 1. The molecular weight excluding hydrogens is 474 g/mol. The van der Waals surface area contributed by atoms with Crippen LogP contribution in [0.1, 0.15) is 30.7 Å². The Labute approximate surface area is 205 Å². The van der Waals surface area contributed by atoms with Crippen LogP contribution in [0.3, 0.4) is 0 Å². The number of aliphatic carboxylic acids is 1. The molecule has 1 aliphatic rings. The van der Waals surface area contributed by atoms with Crippen LogP contribution in [-0.2, 0) is 36.8 Å². The molecule has 2 aromatic heterocycles. The summed E-state index contributed by atoms with van der Waals surface area (Å²) in [6.45, 7) is 0.164. The van der Waals surface area contributed by atoms with Gasteiger partial charge in [0.25, 0.3) is 0 Å². The van der Waals surface area contributed by atoms with E-state index < -0.39 is 60.2 Å². The molecule has 4 atom stereocenters. The van der Waals surface area contributed by atoms with Gasteiger partial charge < -0.3 is 42.1 Å². The molecule has 1 saturated heterocycles. The van der Waals surface area contributed by atoms with E-state index in [-0.39, 0.29) is 25.8 Å². The zero-order valence-corrected chi connectivity index (χ0v) is 19.3. The Kier molecular flexibility index (Phi) is 8.72. The fourth-order valence-corrected chi connectivity index (χ4v) is 3.99. The highest BCUT2D eigenvalue weighted by Gasteiger charge is 2.39. The van der Waals surface area contributed by atoms with Gasteiger partial charge in [0.2, 0.25) is 23.6 Å². The van der Waals surface area contributed by atoms with Crippen LogP contribution in [0.4, 0.5) is 0 Å². The van der Waals surface area contributed by atoms with Gasteiger partial charge in [-0.25, -0.2) is 14.8 Å². The molecule has 0 saturated carbocycles. The second kappa shape index (κ2) is 11.9. The van der Waals surface area contributed by atoms with Gasteiger partial charge in [-0.1, -0.05) is 0 Å². The lowest BCUT2D eigenvalue weighted by Gasteiger charge is -2.28. The van der Waals surface area contributed by atoms with Crippen LogP contribution in [0.25, 0.3) is 0 Å². The van der Waals surface area contributed by atoms with Crippen LogP contribution in [-0.4, -0.2) is 90.3 Å². The lowest BCUT2D eigenvalue weighted by Crippen LogP contribution is -2.58. The molecular formula is C21H29N9O6. The molecule has 4 unspecified atom stereocenters. The highest BCUT2D eigenvalue weighted by molar-refractivity contribution is 5.96. The summed E-state index contributed by atoms with van der Waals surface area (Å²) in [5.41, 5.74) is 12.4. The monoisotopic (exact) mass is 503 g/mol. The molecule has 36 heavy (non-hydrogen) atoms. The molecule has 0 spiro atoms. The van der Waals surface area contributed by atoms with Crippen LogP contribution in [0.2, 0.25) is 0 Å². The lowest BCUT2D eigenvalue weighted by atomic mass is 10.1. The van der Waals surface area contributed by atoms with E-state index >= 15 is 0 Å². The number of carbonyl (C=O) groups excluding carboxylic acids is 4. The first-order chi connectivity index (χ1) is 17.2. The molecule has 0 aromatic carbocycles. The molecule has 2 aromatic rings. The second-order valence-corrected chi connectivity index (χ2v) is 8.49. The summed E-state index contributed by atoms with van der Waals surface area (Å²) in [6, 6.07) is -4.67. The van der Waals surface area contributed by atoms with Gasteiger partial charge in [-0.15, -0.1) is 0 Å². The number of likely N-dealkylation sites (tertiary alicyclic amines) is 1. The van der Waals surface area contributed by atoms with E-state index in [4.69, 9.17) is 11.5 Å². The number of carboxylic acid groups (broad SMARTS) is 1. The maximum atomic E-state index is 13.2. The van der Waals surface area contributed by atoms with Crippen LogP contribution in [0.5, 0.6) is 0 Å². The summed E-state index contributed by atoms with van der Waals surface area (Å²) >= 11 is 0. The number of hydrogen-bond donors (Lipinski definition) is 7. The van der Waals surface area contributed by atoms with Gasteiger partial charge in [0.05, 0.1) is 25.1 Å².